The predicted octanol–water partition coefficient (Wildman–Crippen LogP) is 5.55. The van der Waals surface area contributed by atoms with E-state index in [2.05, 4.69) is 30.1 Å². The molecule has 0 bridgehead atoms. The molecule has 0 aliphatic carbocycles. The highest BCUT2D eigenvalue weighted by Crippen LogP contribution is 2.42. The molecule has 0 unspecified atom stereocenters. The van der Waals surface area contributed by atoms with Crippen LogP contribution in [0.4, 0.5) is 27.5 Å². The fourth-order valence-corrected chi connectivity index (χ4v) is 4.11. The summed E-state index contributed by atoms with van der Waals surface area (Å²) in [7, 11) is 0. The van der Waals surface area contributed by atoms with Crippen molar-refractivity contribution >= 4 is 68.7 Å². The van der Waals surface area contributed by atoms with Crippen LogP contribution in [0.3, 0.4) is 0 Å². The number of aromatic nitrogens is 4. The number of aryl methyl sites for hydroxylation is 1. The van der Waals surface area contributed by atoms with Crippen LogP contribution in [0.5, 0.6) is 0 Å². The number of hydrogen-bond acceptors (Lipinski definition) is 7. The van der Waals surface area contributed by atoms with Gasteiger partial charge < -0.3 is 11.1 Å². The molecule has 0 spiro atoms. The number of nitrogen functional groups attached to an aromatic ring is 1. The summed E-state index contributed by atoms with van der Waals surface area (Å²) < 4.78 is 14.3. The number of nitrogens with one attached hydrogen (secondary N) is 1. The summed E-state index contributed by atoms with van der Waals surface area (Å²) >= 11 is 7.49. The summed E-state index contributed by atoms with van der Waals surface area (Å²) in [5.74, 6) is 1.33. The van der Waals surface area contributed by atoms with Gasteiger partial charge in [0.2, 0.25) is 5.69 Å². The molecule has 3 heterocycles. The second-order valence-corrected chi connectivity index (χ2v) is 7.18. The summed E-state index contributed by atoms with van der Waals surface area (Å²) in [6, 6.07) is 5.66. The normalized spacial score (nSPS) is 10.4. The van der Waals surface area contributed by atoms with Crippen molar-refractivity contribution in [1.29, 1.82) is 0 Å². The summed E-state index contributed by atoms with van der Waals surface area (Å²) in [4.78, 5) is 20.6. The summed E-state index contributed by atoms with van der Waals surface area (Å²) in [6.07, 6.45) is 1.60. The van der Waals surface area contributed by atoms with Gasteiger partial charge >= 0.3 is 0 Å². The fourth-order valence-electron chi connectivity index (χ4n) is 2.69. The minimum absolute atomic E-state index is 0. The molecule has 0 aliphatic heterocycles. The van der Waals surface area contributed by atoms with Gasteiger partial charge in [0.1, 0.15) is 28.3 Å². The van der Waals surface area contributed by atoms with Gasteiger partial charge in [0, 0.05) is 22.8 Å². The third-order valence-electron chi connectivity index (χ3n) is 3.78. The summed E-state index contributed by atoms with van der Waals surface area (Å²) in [5.41, 5.74) is 6.93. The van der Waals surface area contributed by atoms with Gasteiger partial charge in [0.25, 0.3) is 0 Å². The van der Waals surface area contributed by atoms with E-state index in [1.165, 1.54) is 17.4 Å². The first-order valence-electron chi connectivity index (χ1n) is 7.95. The van der Waals surface area contributed by atoms with E-state index in [-0.39, 0.29) is 23.1 Å². The highest BCUT2D eigenvalue weighted by Gasteiger charge is 2.18. The zero-order valence-corrected chi connectivity index (χ0v) is 17.2. The maximum absolute atomic E-state index is 13.6. The number of hydrogen-bond donors (Lipinski definition) is 2. The van der Waals surface area contributed by atoms with Crippen molar-refractivity contribution in [3.63, 3.8) is 0 Å². The van der Waals surface area contributed by atoms with Gasteiger partial charge in [-0.15, -0.1) is 23.7 Å². The van der Waals surface area contributed by atoms with Gasteiger partial charge in [-0.2, -0.15) is 0 Å². The fraction of sp³-hybridized carbons (Fsp3) is 0.0556. The van der Waals surface area contributed by atoms with E-state index in [0.717, 1.165) is 10.8 Å². The lowest BCUT2D eigenvalue weighted by atomic mass is 10.2. The van der Waals surface area contributed by atoms with Crippen LogP contribution in [0, 0.1) is 19.3 Å². The first kappa shape index (κ1) is 20.7. The maximum atomic E-state index is 13.6. The van der Waals surface area contributed by atoms with Crippen LogP contribution >= 0.6 is 35.3 Å². The van der Waals surface area contributed by atoms with E-state index in [0.29, 0.717) is 39.4 Å². The highest BCUT2D eigenvalue weighted by molar-refractivity contribution is 7.22. The largest absolute Gasteiger partial charge is 0.384 e. The monoisotopic (exact) mass is 447 g/mol. The maximum Gasteiger partial charge on any atom is 0.201 e. The first-order valence-corrected chi connectivity index (χ1v) is 9.14. The van der Waals surface area contributed by atoms with Crippen LogP contribution in [0.25, 0.3) is 25.6 Å². The van der Waals surface area contributed by atoms with Crippen molar-refractivity contribution in [2.45, 2.75) is 6.92 Å². The van der Waals surface area contributed by atoms with E-state index >= 15 is 0 Å². The number of nitrogens with two attached hydrogens (primary N) is 1. The third-order valence-corrected chi connectivity index (χ3v) is 5.17. The minimum Gasteiger partial charge on any atom is -0.384 e. The number of fused-ring (bicyclic) bond motifs is 1. The number of pyridine rings is 1. The molecular formula is C18H12Cl2FN7S. The lowest BCUT2D eigenvalue weighted by Gasteiger charge is -2.06. The number of anilines is 3. The Morgan fingerprint density at radius 3 is 2.76 bits per heavy atom. The molecule has 7 nitrogen and oxygen atoms in total. The molecule has 0 radical (unpaired) electrons. The van der Waals surface area contributed by atoms with Crippen LogP contribution in [0.1, 0.15) is 5.82 Å². The highest BCUT2D eigenvalue weighted by atomic mass is 35.5. The average molecular weight is 448 g/mol. The number of benzene rings is 1. The lowest BCUT2D eigenvalue weighted by molar-refractivity contribution is 0.629. The Balaban J connectivity index is 0.00000240. The molecule has 11 heteroatoms. The second kappa shape index (κ2) is 8.13. The molecule has 0 fully saturated rings. The van der Waals surface area contributed by atoms with E-state index in [1.807, 2.05) is 0 Å². The minimum atomic E-state index is -0.568. The van der Waals surface area contributed by atoms with Gasteiger partial charge in [0.15, 0.2) is 5.82 Å². The van der Waals surface area contributed by atoms with Crippen molar-refractivity contribution < 1.29 is 4.39 Å². The molecule has 4 rings (SSSR count). The Morgan fingerprint density at radius 1 is 1.24 bits per heavy atom. The molecule has 4 aromatic rings. The molecule has 1 aromatic carbocycles. The predicted molar refractivity (Wildman–Crippen MR) is 116 cm³/mol. The van der Waals surface area contributed by atoms with Crippen LogP contribution < -0.4 is 11.1 Å². The van der Waals surface area contributed by atoms with Crippen LogP contribution in [0.15, 0.2) is 30.5 Å². The van der Waals surface area contributed by atoms with Crippen molar-refractivity contribution in [3.05, 3.63) is 58.5 Å². The van der Waals surface area contributed by atoms with Crippen molar-refractivity contribution in [2.24, 2.45) is 0 Å². The average Bonchev–Trinajstić information content (AvgIpc) is 3.04. The van der Waals surface area contributed by atoms with Gasteiger partial charge in [0.05, 0.1) is 16.8 Å². The van der Waals surface area contributed by atoms with Gasteiger partial charge in [-0.3, -0.25) is 0 Å². The van der Waals surface area contributed by atoms with Gasteiger partial charge in [-0.05, 0) is 25.1 Å². The van der Waals surface area contributed by atoms with E-state index in [4.69, 9.17) is 23.9 Å². The van der Waals surface area contributed by atoms with Crippen molar-refractivity contribution in [3.8, 4) is 10.6 Å². The number of nitrogens with zero attached hydrogens (tertiary/aromatic N) is 5. The second-order valence-electron chi connectivity index (χ2n) is 5.77. The summed E-state index contributed by atoms with van der Waals surface area (Å²) in [5, 5.41) is 3.75. The quantitative estimate of drug-likeness (QED) is 0.400. The Hall–Kier alpha value is -3.06. The Morgan fingerprint density at radius 2 is 2.03 bits per heavy atom. The molecule has 0 saturated carbocycles. The molecule has 0 aliphatic rings. The van der Waals surface area contributed by atoms with Gasteiger partial charge in [-0.1, -0.05) is 11.6 Å². The number of thiazole rings is 1. The van der Waals surface area contributed by atoms with Gasteiger partial charge in [-0.25, -0.2) is 29.2 Å². The molecule has 29 heavy (non-hydrogen) atoms. The van der Waals surface area contributed by atoms with E-state index in [1.54, 1.807) is 25.3 Å². The van der Waals surface area contributed by atoms with E-state index < -0.39 is 5.82 Å². The Kier molecular flexibility index (Phi) is 5.79. The van der Waals surface area contributed by atoms with Crippen molar-refractivity contribution in [1.82, 2.24) is 19.9 Å². The molecule has 3 aromatic heterocycles. The topological polar surface area (TPSA) is 94.0 Å². The number of halogens is 3. The van der Waals surface area contributed by atoms with E-state index in [9.17, 15) is 4.39 Å². The van der Waals surface area contributed by atoms with Crippen molar-refractivity contribution in [2.75, 3.05) is 11.1 Å². The zero-order chi connectivity index (χ0) is 19.8. The molecule has 0 atom stereocenters. The first-order chi connectivity index (χ1) is 13.4. The van der Waals surface area contributed by atoms with Crippen LogP contribution in [-0.4, -0.2) is 19.9 Å². The Labute approximate surface area is 180 Å². The molecule has 0 saturated heterocycles. The van der Waals surface area contributed by atoms with Crippen LogP contribution in [-0.2, 0) is 0 Å². The molecule has 0 amide bonds. The zero-order valence-electron chi connectivity index (χ0n) is 14.8. The standard InChI is InChI=1S/C18H11ClFN7S.ClH/c1-8-24-13(21)7-14(25-8)27-17-16-11(3-4-23-17)26-18(28-16)15-10(19)5-9(20)6-12(15)22-2;/h3-7H,1H3,(H3,21,23,24,25,27);1H. The SMILES string of the molecule is Cl.[C-]#[N+]c1cc(F)cc(Cl)c1-c1nc2ccnc(Nc3cc(N)nc(C)n3)c2s1. The Bertz CT molecular complexity index is 1250. The summed E-state index contributed by atoms with van der Waals surface area (Å²) in [6.45, 7) is 9.06. The third kappa shape index (κ3) is 4.05. The lowest BCUT2D eigenvalue weighted by Crippen LogP contribution is -2.01. The van der Waals surface area contributed by atoms with Crippen LogP contribution in [0.2, 0.25) is 5.02 Å². The number of rotatable bonds is 3. The molecule has 146 valence electrons. The smallest absolute Gasteiger partial charge is 0.201 e. The molecule has 3 N–H and O–H groups in total. The molecular weight excluding hydrogens is 436 g/mol.